The highest BCUT2D eigenvalue weighted by molar-refractivity contribution is 5.97. The Bertz CT molecular complexity index is 1550. The van der Waals surface area contributed by atoms with Crippen molar-refractivity contribution in [3.63, 3.8) is 0 Å². The van der Waals surface area contributed by atoms with Gasteiger partial charge in [-0.05, 0) is 35.9 Å². The Hall–Kier alpha value is -4.46. The molecule has 4 heterocycles. The fraction of sp³-hybridized carbons (Fsp3) is 0. The molecule has 0 aliphatic rings. The van der Waals surface area contributed by atoms with Gasteiger partial charge in [-0.1, -0.05) is 18.2 Å². The smallest absolute Gasteiger partial charge is 0.159 e. The van der Waals surface area contributed by atoms with Crippen LogP contribution in [0.1, 0.15) is 0 Å². The minimum atomic E-state index is -0.341. The van der Waals surface area contributed by atoms with Gasteiger partial charge in [-0.15, -0.1) is 0 Å². The first-order valence-electron chi connectivity index (χ1n) is 9.61. The van der Waals surface area contributed by atoms with Crippen molar-refractivity contribution < 1.29 is 4.39 Å². The summed E-state index contributed by atoms with van der Waals surface area (Å²) in [4.78, 5) is 20.6. The van der Waals surface area contributed by atoms with E-state index in [1.54, 1.807) is 36.8 Å². The number of nitrogens with one attached hydrogen (secondary N) is 2. The van der Waals surface area contributed by atoms with E-state index in [9.17, 15) is 4.39 Å². The van der Waals surface area contributed by atoms with E-state index in [1.807, 2.05) is 24.3 Å². The molecule has 31 heavy (non-hydrogen) atoms. The van der Waals surface area contributed by atoms with Gasteiger partial charge >= 0.3 is 0 Å². The van der Waals surface area contributed by atoms with Crippen LogP contribution in [-0.2, 0) is 0 Å². The molecule has 7 nitrogen and oxygen atoms in total. The minimum absolute atomic E-state index is 0.341. The molecule has 0 bridgehead atoms. The number of imidazole rings is 1. The summed E-state index contributed by atoms with van der Waals surface area (Å²) in [6.45, 7) is 0. The van der Waals surface area contributed by atoms with Gasteiger partial charge in [-0.3, -0.25) is 10.1 Å². The van der Waals surface area contributed by atoms with Crippen LogP contribution < -0.4 is 0 Å². The number of H-pyrrole nitrogens is 2. The summed E-state index contributed by atoms with van der Waals surface area (Å²) < 4.78 is 14.4. The van der Waals surface area contributed by atoms with E-state index in [0.717, 1.165) is 27.5 Å². The average Bonchev–Trinajstić information content (AvgIpc) is 3.43. The molecule has 0 saturated heterocycles. The van der Waals surface area contributed by atoms with Crippen LogP contribution in [0.3, 0.4) is 0 Å². The second kappa shape index (κ2) is 6.81. The number of pyridine rings is 1. The maximum Gasteiger partial charge on any atom is 0.159 e. The summed E-state index contributed by atoms with van der Waals surface area (Å²) in [5.74, 6) is 0.236. The molecule has 0 unspecified atom stereocenters. The summed E-state index contributed by atoms with van der Waals surface area (Å²) in [5.41, 5.74) is 5.67. The molecule has 148 valence electrons. The van der Waals surface area contributed by atoms with Crippen molar-refractivity contribution in [2.24, 2.45) is 0 Å². The van der Waals surface area contributed by atoms with Crippen LogP contribution in [0, 0.1) is 5.82 Å². The molecule has 0 amide bonds. The molecule has 2 aromatic carbocycles. The molecule has 0 fully saturated rings. The molecule has 8 heteroatoms. The zero-order valence-corrected chi connectivity index (χ0v) is 16.0. The highest BCUT2D eigenvalue weighted by Crippen LogP contribution is 2.32. The quantitative estimate of drug-likeness (QED) is 0.441. The van der Waals surface area contributed by atoms with E-state index in [2.05, 4.69) is 30.1 Å². The number of halogens is 1. The van der Waals surface area contributed by atoms with E-state index < -0.39 is 0 Å². The minimum Gasteiger partial charge on any atom is -0.336 e. The zero-order valence-electron chi connectivity index (χ0n) is 16.0. The standard InChI is InChI=1S/C23H14FN7/c24-17-4-2-1-3-15(17)20-22-19(7-8-27-20)28-23(29-22)21-16-9-13(5-6-18(16)30-31-21)14-10-25-12-26-11-14/h1-12H,(H,28,29)(H,30,31). The van der Waals surface area contributed by atoms with Crippen molar-refractivity contribution >= 4 is 21.9 Å². The van der Waals surface area contributed by atoms with Gasteiger partial charge in [-0.2, -0.15) is 5.10 Å². The van der Waals surface area contributed by atoms with E-state index >= 15 is 0 Å². The number of fused-ring (bicyclic) bond motifs is 2. The highest BCUT2D eigenvalue weighted by atomic mass is 19.1. The Morgan fingerprint density at radius 2 is 1.71 bits per heavy atom. The Kier molecular flexibility index (Phi) is 3.82. The lowest BCUT2D eigenvalue weighted by molar-refractivity contribution is 0.631. The maximum absolute atomic E-state index is 14.4. The van der Waals surface area contributed by atoms with Crippen LogP contribution >= 0.6 is 0 Å². The van der Waals surface area contributed by atoms with E-state index in [0.29, 0.717) is 28.3 Å². The Morgan fingerprint density at radius 3 is 2.58 bits per heavy atom. The molecular weight excluding hydrogens is 393 g/mol. The van der Waals surface area contributed by atoms with Gasteiger partial charge in [0.15, 0.2) is 5.82 Å². The lowest BCUT2D eigenvalue weighted by Crippen LogP contribution is -1.89. The number of hydrogen-bond acceptors (Lipinski definition) is 5. The number of aromatic amines is 2. The predicted octanol–water partition coefficient (Wildman–Crippen LogP) is 4.76. The molecule has 4 aromatic heterocycles. The number of hydrogen-bond donors (Lipinski definition) is 2. The molecule has 0 atom stereocenters. The van der Waals surface area contributed by atoms with Crippen LogP contribution in [0.15, 0.2) is 73.4 Å². The first kappa shape index (κ1) is 17.4. The molecule has 0 aliphatic carbocycles. The molecule has 6 aromatic rings. The predicted molar refractivity (Wildman–Crippen MR) is 115 cm³/mol. The lowest BCUT2D eigenvalue weighted by atomic mass is 10.1. The maximum atomic E-state index is 14.4. The van der Waals surface area contributed by atoms with Crippen LogP contribution in [0.2, 0.25) is 0 Å². The first-order valence-corrected chi connectivity index (χ1v) is 9.61. The van der Waals surface area contributed by atoms with Gasteiger partial charge in [0.2, 0.25) is 0 Å². The lowest BCUT2D eigenvalue weighted by Gasteiger charge is -2.02. The van der Waals surface area contributed by atoms with E-state index in [1.165, 1.54) is 12.4 Å². The van der Waals surface area contributed by atoms with Crippen LogP contribution in [-0.4, -0.2) is 35.1 Å². The van der Waals surface area contributed by atoms with Gasteiger partial charge in [-0.25, -0.2) is 19.3 Å². The summed E-state index contributed by atoms with van der Waals surface area (Å²) in [6.07, 6.45) is 6.67. The average molecular weight is 407 g/mol. The van der Waals surface area contributed by atoms with Crippen LogP contribution in [0.5, 0.6) is 0 Å². The van der Waals surface area contributed by atoms with Crippen LogP contribution in [0.4, 0.5) is 4.39 Å². The summed E-state index contributed by atoms with van der Waals surface area (Å²) >= 11 is 0. The molecule has 0 aliphatic heterocycles. The largest absolute Gasteiger partial charge is 0.336 e. The van der Waals surface area contributed by atoms with Gasteiger partial charge < -0.3 is 4.98 Å². The van der Waals surface area contributed by atoms with Crippen molar-refractivity contribution in [1.82, 2.24) is 35.1 Å². The fourth-order valence-electron chi connectivity index (χ4n) is 3.72. The van der Waals surface area contributed by atoms with Crippen molar-refractivity contribution in [3.05, 3.63) is 79.3 Å². The first-order chi connectivity index (χ1) is 15.3. The Morgan fingerprint density at radius 1 is 0.839 bits per heavy atom. The molecule has 0 spiro atoms. The molecule has 2 N–H and O–H groups in total. The molecule has 0 radical (unpaired) electrons. The van der Waals surface area contributed by atoms with Gasteiger partial charge in [0.1, 0.15) is 29.0 Å². The third-order valence-electron chi connectivity index (χ3n) is 5.21. The fourth-order valence-corrected chi connectivity index (χ4v) is 3.72. The van der Waals surface area contributed by atoms with Crippen molar-refractivity contribution in [1.29, 1.82) is 0 Å². The van der Waals surface area contributed by atoms with Gasteiger partial charge in [0, 0.05) is 35.1 Å². The number of nitrogens with zero attached hydrogens (tertiary/aromatic N) is 5. The van der Waals surface area contributed by atoms with E-state index in [-0.39, 0.29) is 5.82 Å². The zero-order chi connectivity index (χ0) is 20.8. The normalized spacial score (nSPS) is 11.4. The molecule has 6 rings (SSSR count). The topological polar surface area (TPSA) is 96.0 Å². The second-order valence-corrected chi connectivity index (χ2v) is 7.08. The third-order valence-corrected chi connectivity index (χ3v) is 5.21. The number of rotatable bonds is 3. The Labute approximate surface area is 175 Å². The van der Waals surface area contributed by atoms with Gasteiger partial charge in [0.05, 0.1) is 11.0 Å². The third kappa shape index (κ3) is 2.84. The number of benzene rings is 2. The summed E-state index contributed by atoms with van der Waals surface area (Å²) in [6, 6.07) is 14.3. The monoisotopic (exact) mass is 407 g/mol. The SMILES string of the molecule is Fc1ccccc1-c1nccc2[nH]c(-c3n[nH]c4ccc(-c5cncnc5)cc34)nc12. The highest BCUT2D eigenvalue weighted by Gasteiger charge is 2.17. The summed E-state index contributed by atoms with van der Waals surface area (Å²) in [7, 11) is 0. The van der Waals surface area contributed by atoms with Crippen molar-refractivity contribution in [2.75, 3.05) is 0 Å². The second-order valence-electron chi connectivity index (χ2n) is 7.08. The number of aromatic nitrogens is 7. The van der Waals surface area contributed by atoms with Crippen molar-refractivity contribution in [2.45, 2.75) is 0 Å². The summed E-state index contributed by atoms with van der Waals surface area (Å²) in [5, 5.41) is 8.42. The van der Waals surface area contributed by atoms with Crippen molar-refractivity contribution in [3.8, 4) is 33.9 Å². The van der Waals surface area contributed by atoms with Gasteiger partial charge in [0.25, 0.3) is 0 Å². The Balaban J connectivity index is 1.53. The van der Waals surface area contributed by atoms with Crippen LogP contribution in [0.25, 0.3) is 55.8 Å². The molecule has 0 saturated carbocycles. The molecular formula is C23H14FN7. The van der Waals surface area contributed by atoms with E-state index in [4.69, 9.17) is 4.98 Å².